The highest BCUT2D eigenvalue weighted by molar-refractivity contribution is 6.39. The molecule has 6 heteroatoms. The lowest BCUT2D eigenvalue weighted by atomic mass is 9.64. The van der Waals surface area contributed by atoms with Gasteiger partial charge in [-0.15, -0.1) is 0 Å². The van der Waals surface area contributed by atoms with Gasteiger partial charge in [0.15, 0.2) is 0 Å². The first-order chi connectivity index (χ1) is 13.6. The Morgan fingerprint density at radius 1 is 1.14 bits per heavy atom. The fourth-order valence-corrected chi connectivity index (χ4v) is 3.74. The van der Waals surface area contributed by atoms with E-state index in [1.807, 2.05) is 49.4 Å². The van der Waals surface area contributed by atoms with Gasteiger partial charge in [-0.05, 0) is 37.5 Å². The molecule has 2 aromatic carbocycles. The molecular formula is C22H24N4O2. The third kappa shape index (κ3) is 3.50. The average molecular weight is 376 g/mol. The molecule has 2 aliphatic rings. The lowest BCUT2D eigenvalue weighted by Gasteiger charge is -2.42. The molecule has 0 atom stereocenters. The van der Waals surface area contributed by atoms with Gasteiger partial charge >= 0.3 is 0 Å². The second-order valence-electron chi connectivity index (χ2n) is 7.52. The van der Waals surface area contributed by atoms with Crippen molar-refractivity contribution in [3.63, 3.8) is 0 Å². The summed E-state index contributed by atoms with van der Waals surface area (Å²) in [7, 11) is 0. The van der Waals surface area contributed by atoms with Crippen molar-refractivity contribution in [2.45, 2.75) is 31.6 Å². The second-order valence-corrected chi connectivity index (χ2v) is 7.52. The number of hydrazine groups is 1. The predicted octanol–water partition coefficient (Wildman–Crippen LogP) is 2.48. The van der Waals surface area contributed by atoms with E-state index in [1.165, 1.54) is 17.0 Å². The summed E-state index contributed by atoms with van der Waals surface area (Å²) in [4.78, 5) is 29.1. The Hall–Kier alpha value is -3.15. The van der Waals surface area contributed by atoms with Crippen LogP contribution in [0.1, 0.15) is 30.4 Å². The molecule has 1 heterocycles. The van der Waals surface area contributed by atoms with Crippen molar-refractivity contribution < 1.29 is 9.59 Å². The number of aryl methyl sites for hydroxylation is 1. The molecule has 28 heavy (non-hydrogen) atoms. The number of aliphatic imine (C=N–C) groups is 1. The highest BCUT2D eigenvalue weighted by Gasteiger charge is 2.39. The molecular weight excluding hydrogens is 352 g/mol. The third-order valence-electron chi connectivity index (χ3n) is 5.63. The fraction of sp³-hybridized carbons (Fsp3) is 0.318. The number of hydrogen-bond donors (Lipinski definition) is 2. The van der Waals surface area contributed by atoms with Crippen molar-refractivity contribution in [1.29, 1.82) is 0 Å². The van der Waals surface area contributed by atoms with E-state index in [-0.39, 0.29) is 29.6 Å². The van der Waals surface area contributed by atoms with E-state index in [0.717, 1.165) is 18.4 Å². The van der Waals surface area contributed by atoms with Crippen molar-refractivity contribution in [3.8, 4) is 0 Å². The topological polar surface area (TPSA) is 73.8 Å². The zero-order chi connectivity index (χ0) is 19.6. The second kappa shape index (κ2) is 7.46. The van der Waals surface area contributed by atoms with Crippen LogP contribution in [-0.4, -0.2) is 30.7 Å². The Balaban J connectivity index is 1.43. The Bertz CT molecular complexity index is 902. The summed E-state index contributed by atoms with van der Waals surface area (Å²) in [5.41, 5.74) is 5.93. The first kappa shape index (κ1) is 18.2. The molecule has 6 nitrogen and oxygen atoms in total. The summed E-state index contributed by atoms with van der Waals surface area (Å²) in [6.07, 6.45) is 3.29. The van der Waals surface area contributed by atoms with Crippen molar-refractivity contribution in [2.75, 3.05) is 18.1 Å². The highest BCUT2D eigenvalue weighted by atomic mass is 16.2. The monoisotopic (exact) mass is 376 g/mol. The van der Waals surface area contributed by atoms with Crippen molar-refractivity contribution in [3.05, 3.63) is 65.7 Å². The maximum atomic E-state index is 12.7. The van der Waals surface area contributed by atoms with Gasteiger partial charge in [0.25, 0.3) is 11.8 Å². The minimum atomic E-state index is -0.285. The number of carbonyl (C=O) groups is 2. The van der Waals surface area contributed by atoms with Crippen LogP contribution in [0, 0.1) is 6.92 Å². The van der Waals surface area contributed by atoms with Gasteiger partial charge < -0.3 is 5.32 Å². The number of benzene rings is 2. The number of nitrogens with one attached hydrogen (secondary N) is 2. The maximum absolute atomic E-state index is 12.7. The van der Waals surface area contributed by atoms with Crippen LogP contribution in [0.5, 0.6) is 0 Å². The smallest absolute Gasteiger partial charge is 0.288 e. The van der Waals surface area contributed by atoms with Crippen LogP contribution in [-0.2, 0) is 15.0 Å². The van der Waals surface area contributed by atoms with Gasteiger partial charge in [-0.2, -0.15) is 0 Å². The molecule has 0 aromatic heterocycles. The molecule has 144 valence electrons. The molecule has 0 radical (unpaired) electrons. The average Bonchev–Trinajstić information content (AvgIpc) is 2.69. The molecule has 1 aliphatic heterocycles. The summed E-state index contributed by atoms with van der Waals surface area (Å²) in [6, 6.07) is 17.9. The normalized spacial score (nSPS) is 18.0. The number of carbonyl (C=O) groups excluding carboxylic acids is 2. The summed E-state index contributed by atoms with van der Waals surface area (Å²) >= 11 is 0. The van der Waals surface area contributed by atoms with Crippen LogP contribution in [0.4, 0.5) is 5.69 Å². The summed E-state index contributed by atoms with van der Waals surface area (Å²) in [6.45, 7) is 2.50. The standard InChI is InChI=1S/C22H24N4O2/c1-16-8-10-18(11-9-16)26-19(27)14-23-20(25-26)21(28)24-15-22(12-5-13-22)17-6-3-2-4-7-17/h2-4,6-11H,5,12-15H2,1H3,(H,23,25)(H,24,28). The Labute approximate surface area is 164 Å². The number of hydrogen-bond acceptors (Lipinski definition) is 4. The maximum Gasteiger partial charge on any atom is 0.288 e. The molecule has 1 aliphatic carbocycles. The van der Waals surface area contributed by atoms with E-state index in [9.17, 15) is 9.59 Å². The summed E-state index contributed by atoms with van der Waals surface area (Å²) < 4.78 is 0. The van der Waals surface area contributed by atoms with Gasteiger partial charge in [-0.1, -0.05) is 54.4 Å². The van der Waals surface area contributed by atoms with Crippen LogP contribution < -0.4 is 15.8 Å². The number of rotatable bonds is 5. The Morgan fingerprint density at radius 2 is 1.86 bits per heavy atom. The van der Waals surface area contributed by atoms with E-state index < -0.39 is 0 Å². The minimum Gasteiger partial charge on any atom is -0.348 e. The largest absolute Gasteiger partial charge is 0.348 e. The molecule has 4 rings (SSSR count). The van der Waals surface area contributed by atoms with Crippen LogP contribution in [0.25, 0.3) is 0 Å². The first-order valence-electron chi connectivity index (χ1n) is 9.62. The van der Waals surface area contributed by atoms with Crippen molar-refractivity contribution in [1.82, 2.24) is 10.7 Å². The lowest BCUT2D eigenvalue weighted by Crippen LogP contribution is -2.57. The van der Waals surface area contributed by atoms with E-state index in [1.54, 1.807) is 0 Å². The number of amides is 2. The van der Waals surface area contributed by atoms with E-state index >= 15 is 0 Å². The van der Waals surface area contributed by atoms with Crippen LogP contribution in [0.2, 0.25) is 0 Å². The van der Waals surface area contributed by atoms with E-state index in [2.05, 4.69) is 27.9 Å². The minimum absolute atomic E-state index is 0.00138. The van der Waals surface area contributed by atoms with Gasteiger partial charge in [0, 0.05) is 12.0 Å². The molecule has 0 spiro atoms. The van der Waals surface area contributed by atoms with Gasteiger partial charge in [0.2, 0.25) is 5.84 Å². The number of nitrogens with zero attached hydrogens (tertiary/aromatic N) is 2. The third-order valence-corrected chi connectivity index (χ3v) is 5.63. The summed E-state index contributed by atoms with van der Waals surface area (Å²) in [5, 5.41) is 4.41. The molecule has 1 fully saturated rings. The molecule has 1 saturated carbocycles. The first-order valence-corrected chi connectivity index (χ1v) is 9.62. The van der Waals surface area contributed by atoms with Gasteiger partial charge in [0.1, 0.15) is 6.54 Å². The van der Waals surface area contributed by atoms with Crippen LogP contribution in [0.3, 0.4) is 0 Å². The zero-order valence-electron chi connectivity index (χ0n) is 15.9. The van der Waals surface area contributed by atoms with Crippen LogP contribution in [0.15, 0.2) is 59.6 Å². The SMILES string of the molecule is Cc1ccc(N2NC(C(=O)NCC3(c4ccccc4)CCC3)=NCC2=O)cc1. The van der Waals surface area contributed by atoms with E-state index in [0.29, 0.717) is 12.2 Å². The quantitative estimate of drug-likeness (QED) is 0.842. The summed E-state index contributed by atoms with van der Waals surface area (Å²) in [5.74, 6) is -0.310. The van der Waals surface area contributed by atoms with Crippen molar-refractivity contribution in [2.24, 2.45) is 4.99 Å². The van der Waals surface area contributed by atoms with Crippen molar-refractivity contribution >= 4 is 23.3 Å². The molecule has 0 bridgehead atoms. The van der Waals surface area contributed by atoms with Gasteiger partial charge in [-0.3, -0.25) is 20.0 Å². The van der Waals surface area contributed by atoms with Gasteiger partial charge in [0.05, 0.1) is 5.69 Å². The Morgan fingerprint density at radius 3 is 2.50 bits per heavy atom. The molecule has 2 N–H and O–H groups in total. The fourth-order valence-electron chi connectivity index (χ4n) is 3.74. The predicted molar refractivity (Wildman–Crippen MR) is 109 cm³/mol. The lowest BCUT2D eigenvalue weighted by molar-refractivity contribution is -0.118. The van der Waals surface area contributed by atoms with Gasteiger partial charge in [-0.25, -0.2) is 5.01 Å². The molecule has 0 saturated heterocycles. The Kier molecular flexibility index (Phi) is 4.86. The molecule has 2 aromatic rings. The molecule has 0 unspecified atom stereocenters. The number of amidine groups is 1. The van der Waals surface area contributed by atoms with Crippen LogP contribution >= 0.6 is 0 Å². The zero-order valence-corrected chi connectivity index (χ0v) is 15.9. The van der Waals surface area contributed by atoms with E-state index in [4.69, 9.17) is 0 Å². The molecule has 2 amide bonds. The number of anilines is 1. The highest BCUT2D eigenvalue weighted by Crippen LogP contribution is 2.43.